The van der Waals surface area contributed by atoms with E-state index < -0.39 is 11.4 Å². The maximum atomic E-state index is 10.9. The van der Waals surface area contributed by atoms with Gasteiger partial charge in [0.05, 0.1) is 5.69 Å². The molecule has 0 amide bonds. The lowest BCUT2D eigenvalue weighted by Crippen LogP contribution is -2.29. The van der Waals surface area contributed by atoms with Crippen molar-refractivity contribution in [2.24, 2.45) is 0 Å². The van der Waals surface area contributed by atoms with E-state index in [2.05, 4.69) is 4.98 Å². The summed E-state index contributed by atoms with van der Waals surface area (Å²) in [6.07, 6.45) is 2.65. The zero-order chi connectivity index (χ0) is 10.8. The van der Waals surface area contributed by atoms with Crippen molar-refractivity contribution in [3.05, 3.63) is 29.6 Å². The first-order chi connectivity index (χ1) is 6.48. The zero-order valence-electron chi connectivity index (χ0n) is 8.74. The average molecular weight is 193 g/mol. The summed E-state index contributed by atoms with van der Waals surface area (Å²) >= 11 is 0. The Morgan fingerprint density at radius 2 is 2.14 bits per heavy atom. The predicted molar refractivity (Wildman–Crippen MR) is 54.3 cm³/mol. The van der Waals surface area contributed by atoms with Crippen molar-refractivity contribution in [1.29, 1.82) is 0 Å². The molecule has 1 heterocycles. The van der Waals surface area contributed by atoms with Gasteiger partial charge in [-0.05, 0) is 31.9 Å². The molecule has 0 unspecified atom stereocenters. The summed E-state index contributed by atoms with van der Waals surface area (Å²) in [6, 6.07) is 3.71. The predicted octanol–water partition coefficient (Wildman–Crippen LogP) is 2.01. The third-order valence-electron chi connectivity index (χ3n) is 2.41. The standard InChI is InChI=1S/C11H15NO2/c1-4-8-5-6-9(12-7-8)11(2,3)10(13)14/h5-7H,4H2,1-3H3,(H,13,14). The summed E-state index contributed by atoms with van der Waals surface area (Å²) in [4.78, 5) is 15.1. The smallest absolute Gasteiger partial charge is 0.315 e. The molecule has 0 saturated carbocycles. The highest BCUT2D eigenvalue weighted by Crippen LogP contribution is 2.21. The van der Waals surface area contributed by atoms with Gasteiger partial charge in [0.15, 0.2) is 0 Å². The number of aromatic nitrogens is 1. The van der Waals surface area contributed by atoms with Gasteiger partial charge in [-0.2, -0.15) is 0 Å². The third-order valence-corrected chi connectivity index (χ3v) is 2.41. The number of hydrogen-bond acceptors (Lipinski definition) is 2. The van der Waals surface area contributed by atoms with Crippen LogP contribution in [0.2, 0.25) is 0 Å². The Balaban J connectivity index is 3.02. The van der Waals surface area contributed by atoms with Gasteiger partial charge in [-0.25, -0.2) is 0 Å². The van der Waals surface area contributed by atoms with Crippen molar-refractivity contribution in [1.82, 2.24) is 4.98 Å². The largest absolute Gasteiger partial charge is 0.481 e. The molecule has 0 aliphatic heterocycles. The zero-order valence-corrected chi connectivity index (χ0v) is 8.74. The molecular weight excluding hydrogens is 178 g/mol. The number of hydrogen-bond donors (Lipinski definition) is 1. The number of aliphatic carboxylic acids is 1. The van der Waals surface area contributed by atoms with Gasteiger partial charge in [0, 0.05) is 6.20 Å². The molecule has 0 fully saturated rings. The molecule has 14 heavy (non-hydrogen) atoms. The fourth-order valence-corrected chi connectivity index (χ4v) is 1.11. The molecule has 0 radical (unpaired) electrons. The van der Waals surface area contributed by atoms with E-state index in [-0.39, 0.29) is 0 Å². The molecule has 1 aromatic heterocycles. The molecule has 1 aromatic rings. The van der Waals surface area contributed by atoms with Crippen molar-refractivity contribution in [3.63, 3.8) is 0 Å². The minimum absolute atomic E-state index is 0.599. The van der Waals surface area contributed by atoms with Gasteiger partial charge >= 0.3 is 5.97 Å². The maximum Gasteiger partial charge on any atom is 0.315 e. The summed E-state index contributed by atoms with van der Waals surface area (Å²) in [5.74, 6) is -0.853. The van der Waals surface area contributed by atoms with Gasteiger partial charge in [0.1, 0.15) is 5.41 Å². The quantitative estimate of drug-likeness (QED) is 0.798. The third kappa shape index (κ3) is 1.92. The normalized spacial score (nSPS) is 11.4. The highest BCUT2D eigenvalue weighted by atomic mass is 16.4. The SMILES string of the molecule is CCc1ccc(C(C)(C)C(=O)O)nc1. The van der Waals surface area contributed by atoms with Crippen LogP contribution in [0.3, 0.4) is 0 Å². The first-order valence-electron chi connectivity index (χ1n) is 4.67. The van der Waals surface area contributed by atoms with Crippen LogP contribution in [0.25, 0.3) is 0 Å². The first-order valence-corrected chi connectivity index (χ1v) is 4.67. The molecule has 3 nitrogen and oxygen atoms in total. The number of carbonyl (C=O) groups is 1. The van der Waals surface area contributed by atoms with E-state index in [4.69, 9.17) is 5.11 Å². The van der Waals surface area contributed by atoms with Gasteiger partial charge in [-0.1, -0.05) is 13.0 Å². The number of rotatable bonds is 3. The van der Waals surface area contributed by atoms with E-state index in [1.807, 2.05) is 13.0 Å². The van der Waals surface area contributed by atoms with Crippen LogP contribution >= 0.6 is 0 Å². The van der Waals surface area contributed by atoms with E-state index in [9.17, 15) is 4.79 Å². The molecule has 0 aliphatic rings. The second kappa shape index (κ2) is 3.78. The van der Waals surface area contributed by atoms with Crippen molar-refractivity contribution in [3.8, 4) is 0 Å². The summed E-state index contributed by atoms with van der Waals surface area (Å²) in [5.41, 5.74) is 0.809. The second-order valence-corrected chi connectivity index (χ2v) is 3.84. The Bertz CT molecular complexity index is 328. The van der Waals surface area contributed by atoms with Crippen molar-refractivity contribution in [2.75, 3.05) is 0 Å². The summed E-state index contributed by atoms with van der Waals surface area (Å²) in [5, 5.41) is 8.98. The summed E-state index contributed by atoms with van der Waals surface area (Å²) < 4.78 is 0. The fraction of sp³-hybridized carbons (Fsp3) is 0.455. The molecule has 0 aliphatic carbocycles. The molecule has 0 atom stereocenters. The lowest BCUT2D eigenvalue weighted by Gasteiger charge is -2.18. The Hall–Kier alpha value is -1.38. The molecule has 0 spiro atoms. The van der Waals surface area contributed by atoms with E-state index in [1.54, 1.807) is 26.1 Å². The average Bonchev–Trinajstić information content (AvgIpc) is 2.17. The molecule has 0 saturated heterocycles. The Labute approximate surface area is 83.8 Å². The number of carboxylic acid groups (broad SMARTS) is 1. The fourth-order valence-electron chi connectivity index (χ4n) is 1.11. The van der Waals surface area contributed by atoms with Gasteiger partial charge < -0.3 is 5.11 Å². The molecule has 0 bridgehead atoms. The van der Waals surface area contributed by atoms with Crippen molar-refractivity contribution >= 4 is 5.97 Å². The lowest BCUT2D eigenvalue weighted by molar-refractivity contribution is -0.142. The van der Waals surface area contributed by atoms with Gasteiger partial charge in [-0.3, -0.25) is 9.78 Å². The molecule has 1 rings (SSSR count). The van der Waals surface area contributed by atoms with E-state index in [0.29, 0.717) is 5.69 Å². The van der Waals surface area contributed by atoms with Crippen LogP contribution < -0.4 is 0 Å². The van der Waals surface area contributed by atoms with Crippen LogP contribution in [0, 0.1) is 0 Å². The highest BCUT2D eigenvalue weighted by Gasteiger charge is 2.30. The monoisotopic (exact) mass is 193 g/mol. The minimum atomic E-state index is -0.910. The molecule has 0 aromatic carbocycles. The topological polar surface area (TPSA) is 50.2 Å². The number of aryl methyl sites for hydroxylation is 1. The molecule has 1 N–H and O–H groups in total. The number of nitrogens with zero attached hydrogens (tertiary/aromatic N) is 1. The van der Waals surface area contributed by atoms with E-state index in [1.165, 1.54) is 0 Å². The highest BCUT2D eigenvalue weighted by molar-refractivity contribution is 5.79. The number of carboxylic acids is 1. The van der Waals surface area contributed by atoms with Crippen LogP contribution in [0.4, 0.5) is 0 Å². The van der Waals surface area contributed by atoms with E-state index in [0.717, 1.165) is 12.0 Å². The summed E-state index contributed by atoms with van der Waals surface area (Å²) in [7, 11) is 0. The van der Waals surface area contributed by atoms with Crippen LogP contribution in [0.5, 0.6) is 0 Å². The van der Waals surface area contributed by atoms with Crippen LogP contribution in [-0.2, 0) is 16.6 Å². The van der Waals surface area contributed by atoms with Crippen LogP contribution in [0.15, 0.2) is 18.3 Å². The van der Waals surface area contributed by atoms with Crippen molar-refractivity contribution in [2.45, 2.75) is 32.6 Å². The minimum Gasteiger partial charge on any atom is -0.481 e. The first kappa shape index (κ1) is 10.7. The molecular formula is C11H15NO2. The Morgan fingerprint density at radius 3 is 2.50 bits per heavy atom. The second-order valence-electron chi connectivity index (χ2n) is 3.84. The van der Waals surface area contributed by atoms with Gasteiger partial charge in [0.25, 0.3) is 0 Å². The van der Waals surface area contributed by atoms with E-state index >= 15 is 0 Å². The van der Waals surface area contributed by atoms with Crippen LogP contribution in [-0.4, -0.2) is 16.1 Å². The molecule has 3 heteroatoms. The van der Waals surface area contributed by atoms with Gasteiger partial charge in [0.2, 0.25) is 0 Å². The Kier molecular flexibility index (Phi) is 2.89. The van der Waals surface area contributed by atoms with Crippen LogP contribution in [0.1, 0.15) is 32.0 Å². The maximum absolute atomic E-state index is 10.9. The lowest BCUT2D eigenvalue weighted by atomic mass is 9.89. The van der Waals surface area contributed by atoms with Gasteiger partial charge in [-0.15, -0.1) is 0 Å². The Morgan fingerprint density at radius 1 is 1.50 bits per heavy atom. The van der Waals surface area contributed by atoms with Crippen molar-refractivity contribution < 1.29 is 9.90 Å². The number of pyridine rings is 1. The molecule has 76 valence electrons. The summed E-state index contributed by atoms with van der Waals surface area (Å²) in [6.45, 7) is 5.35.